The Kier molecular flexibility index (Phi) is 7.55. The van der Waals surface area contributed by atoms with Gasteiger partial charge in [-0.15, -0.1) is 0 Å². The van der Waals surface area contributed by atoms with Gasteiger partial charge in [-0.1, -0.05) is 62.4 Å². The molecule has 1 aromatic heterocycles. The number of nitrogens with zero attached hydrogens (tertiary/aromatic N) is 1. The number of carbonyl (C=O) groups excluding carboxylic acids is 3. The first-order valence-electron chi connectivity index (χ1n) is 11.8. The Morgan fingerprint density at radius 3 is 2.54 bits per heavy atom. The highest BCUT2D eigenvalue weighted by molar-refractivity contribution is 6.08. The van der Waals surface area contributed by atoms with E-state index in [1.54, 1.807) is 0 Å². The second-order valence-corrected chi connectivity index (χ2v) is 8.97. The molecule has 7 nitrogen and oxygen atoms in total. The van der Waals surface area contributed by atoms with E-state index in [4.69, 9.17) is 9.72 Å². The SMILES string of the molecule is CC(C)CCNC(=O)NC(=O)COC(=O)c1c2c(nc3ccccc13)/C(=C/c1ccccc1)CC2. The minimum absolute atomic E-state index is 0.427. The third-order valence-electron chi connectivity index (χ3n) is 5.88. The van der Waals surface area contributed by atoms with Crippen LogP contribution in [0.4, 0.5) is 4.79 Å². The highest BCUT2D eigenvalue weighted by Crippen LogP contribution is 2.37. The molecule has 0 unspecified atom stereocenters. The fourth-order valence-electron chi connectivity index (χ4n) is 4.15. The molecule has 0 bridgehead atoms. The molecule has 4 rings (SSSR count). The average molecular weight is 472 g/mol. The van der Waals surface area contributed by atoms with Crippen LogP contribution < -0.4 is 10.6 Å². The number of imide groups is 1. The van der Waals surface area contributed by atoms with E-state index in [0.717, 1.165) is 35.2 Å². The van der Waals surface area contributed by atoms with Crippen molar-refractivity contribution in [1.29, 1.82) is 0 Å². The summed E-state index contributed by atoms with van der Waals surface area (Å²) >= 11 is 0. The summed E-state index contributed by atoms with van der Waals surface area (Å²) in [6, 6.07) is 16.8. The molecule has 0 saturated carbocycles. The Morgan fingerprint density at radius 1 is 1.03 bits per heavy atom. The number of aromatic nitrogens is 1. The molecule has 0 spiro atoms. The molecule has 180 valence electrons. The van der Waals surface area contributed by atoms with Crippen molar-refractivity contribution in [3.63, 3.8) is 0 Å². The van der Waals surface area contributed by atoms with Crippen LogP contribution in [-0.2, 0) is 16.0 Å². The topological polar surface area (TPSA) is 97.4 Å². The summed E-state index contributed by atoms with van der Waals surface area (Å²) in [5.41, 5.74) is 4.85. The minimum Gasteiger partial charge on any atom is -0.452 e. The van der Waals surface area contributed by atoms with E-state index >= 15 is 0 Å². The number of amides is 3. The minimum atomic E-state index is -0.680. The first-order valence-corrected chi connectivity index (χ1v) is 11.8. The first kappa shape index (κ1) is 24.1. The van der Waals surface area contributed by atoms with Crippen LogP contribution in [0.3, 0.4) is 0 Å². The lowest BCUT2D eigenvalue weighted by Gasteiger charge is -2.12. The van der Waals surface area contributed by atoms with Crippen LogP contribution in [0, 0.1) is 5.92 Å². The number of rotatable bonds is 7. The van der Waals surface area contributed by atoms with Gasteiger partial charge in [0.1, 0.15) is 0 Å². The van der Waals surface area contributed by atoms with Crippen molar-refractivity contribution in [2.75, 3.05) is 13.2 Å². The molecule has 2 aromatic carbocycles. The molecule has 0 radical (unpaired) electrons. The molecule has 3 aromatic rings. The molecule has 1 heterocycles. The lowest BCUT2D eigenvalue weighted by atomic mass is 10.0. The van der Waals surface area contributed by atoms with Crippen LogP contribution in [0.1, 0.15) is 53.9 Å². The van der Waals surface area contributed by atoms with Gasteiger partial charge in [0.2, 0.25) is 0 Å². The fourth-order valence-corrected chi connectivity index (χ4v) is 4.15. The largest absolute Gasteiger partial charge is 0.452 e. The Bertz CT molecular complexity index is 1280. The quantitative estimate of drug-likeness (QED) is 0.485. The number of fused-ring (bicyclic) bond motifs is 2. The molecule has 1 aliphatic rings. The van der Waals surface area contributed by atoms with E-state index < -0.39 is 24.5 Å². The number of para-hydroxylation sites is 1. The van der Waals surface area contributed by atoms with E-state index in [1.807, 2.05) is 68.4 Å². The smallest absolute Gasteiger partial charge is 0.339 e. The van der Waals surface area contributed by atoms with E-state index in [0.29, 0.717) is 35.3 Å². The van der Waals surface area contributed by atoms with Crippen molar-refractivity contribution in [1.82, 2.24) is 15.6 Å². The number of nitrogens with one attached hydrogen (secondary N) is 2. The van der Waals surface area contributed by atoms with Crippen molar-refractivity contribution < 1.29 is 19.1 Å². The van der Waals surface area contributed by atoms with Crippen LogP contribution in [0.15, 0.2) is 54.6 Å². The van der Waals surface area contributed by atoms with Gasteiger partial charge in [0.05, 0.1) is 16.8 Å². The lowest BCUT2D eigenvalue weighted by molar-refractivity contribution is -0.123. The summed E-state index contributed by atoms with van der Waals surface area (Å²) in [7, 11) is 0. The normalized spacial score (nSPS) is 13.6. The number of ether oxygens (including phenoxy) is 1. The number of esters is 1. The van der Waals surface area contributed by atoms with Gasteiger partial charge in [0.15, 0.2) is 6.61 Å². The molecule has 2 N–H and O–H groups in total. The van der Waals surface area contributed by atoms with Gasteiger partial charge in [-0.05, 0) is 54.0 Å². The van der Waals surface area contributed by atoms with Crippen LogP contribution in [-0.4, -0.2) is 36.0 Å². The molecule has 0 atom stereocenters. The molecule has 1 aliphatic carbocycles. The molecule has 0 aliphatic heterocycles. The van der Waals surface area contributed by atoms with Gasteiger partial charge in [-0.25, -0.2) is 14.6 Å². The Balaban J connectivity index is 1.52. The summed E-state index contributed by atoms with van der Waals surface area (Å²) < 4.78 is 5.34. The van der Waals surface area contributed by atoms with Gasteiger partial charge in [0.25, 0.3) is 5.91 Å². The molecule has 7 heteroatoms. The van der Waals surface area contributed by atoms with Gasteiger partial charge in [-0.3, -0.25) is 10.1 Å². The maximum atomic E-state index is 13.2. The highest BCUT2D eigenvalue weighted by Gasteiger charge is 2.28. The molecular formula is C28H29N3O4. The highest BCUT2D eigenvalue weighted by atomic mass is 16.5. The van der Waals surface area contributed by atoms with E-state index in [2.05, 4.69) is 16.7 Å². The van der Waals surface area contributed by atoms with Gasteiger partial charge in [-0.2, -0.15) is 0 Å². The number of benzene rings is 2. The predicted octanol–water partition coefficient (Wildman–Crippen LogP) is 4.75. The molecule has 0 saturated heterocycles. The zero-order chi connectivity index (χ0) is 24.8. The third-order valence-corrected chi connectivity index (χ3v) is 5.88. The molecular weight excluding hydrogens is 442 g/mol. The maximum Gasteiger partial charge on any atom is 0.339 e. The van der Waals surface area contributed by atoms with Gasteiger partial charge >= 0.3 is 12.0 Å². The zero-order valence-electron chi connectivity index (χ0n) is 20.0. The standard InChI is InChI=1S/C28H29N3O4/c1-18(2)14-15-29-28(34)31-24(32)17-35-27(33)25-21-10-6-7-11-23(21)30-26-20(12-13-22(25)26)16-19-8-4-3-5-9-19/h3-11,16,18H,12-15,17H2,1-2H3,(H2,29,31,32,34)/b20-16+. The van der Waals surface area contributed by atoms with Crippen molar-refractivity contribution >= 4 is 40.5 Å². The Labute approximate surface area is 204 Å². The number of urea groups is 1. The third kappa shape index (κ3) is 5.93. The van der Waals surface area contributed by atoms with Crippen LogP contribution >= 0.6 is 0 Å². The number of allylic oxidation sites excluding steroid dienone is 1. The van der Waals surface area contributed by atoms with E-state index in [1.165, 1.54) is 0 Å². The van der Waals surface area contributed by atoms with E-state index in [9.17, 15) is 14.4 Å². The lowest BCUT2D eigenvalue weighted by Crippen LogP contribution is -2.42. The zero-order valence-corrected chi connectivity index (χ0v) is 20.0. The van der Waals surface area contributed by atoms with E-state index in [-0.39, 0.29) is 0 Å². The Morgan fingerprint density at radius 2 is 1.77 bits per heavy atom. The summed E-state index contributed by atoms with van der Waals surface area (Å²) in [4.78, 5) is 42.0. The molecule has 0 fully saturated rings. The van der Waals surface area contributed by atoms with Crippen molar-refractivity contribution in [3.05, 3.63) is 77.0 Å². The summed E-state index contributed by atoms with van der Waals surface area (Å²) in [6.45, 7) is 4.01. The second-order valence-electron chi connectivity index (χ2n) is 8.97. The monoisotopic (exact) mass is 471 g/mol. The number of carbonyl (C=O) groups is 3. The molecule has 3 amide bonds. The first-order chi connectivity index (χ1) is 16.9. The van der Waals surface area contributed by atoms with Crippen molar-refractivity contribution in [2.24, 2.45) is 5.92 Å². The second kappa shape index (κ2) is 11.0. The number of hydrogen-bond acceptors (Lipinski definition) is 5. The van der Waals surface area contributed by atoms with Crippen molar-refractivity contribution in [3.8, 4) is 0 Å². The maximum absolute atomic E-state index is 13.2. The van der Waals surface area contributed by atoms with Crippen LogP contribution in [0.5, 0.6) is 0 Å². The summed E-state index contributed by atoms with van der Waals surface area (Å²) in [5.74, 6) is -0.844. The Hall–Kier alpha value is -4.00. The van der Waals surface area contributed by atoms with Crippen molar-refractivity contribution in [2.45, 2.75) is 33.1 Å². The van der Waals surface area contributed by atoms with Gasteiger partial charge in [0, 0.05) is 11.9 Å². The number of hydrogen-bond donors (Lipinski definition) is 2. The van der Waals surface area contributed by atoms with Gasteiger partial charge < -0.3 is 10.1 Å². The van der Waals surface area contributed by atoms with Crippen LogP contribution in [0.25, 0.3) is 22.6 Å². The number of pyridine rings is 1. The molecule has 35 heavy (non-hydrogen) atoms. The van der Waals surface area contributed by atoms with Crippen LogP contribution in [0.2, 0.25) is 0 Å². The summed E-state index contributed by atoms with van der Waals surface area (Å²) in [6.07, 6.45) is 4.30. The predicted molar refractivity (Wildman–Crippen MR) is 136 cm³/mol. The average Bonchev–Trinajstić information content (AvgIpc) is 3.23. The fraction of sp³-hybridized carbons (Fsp3) is 0.286. The summed E-state index contributed by atoms with van der Waals surface area (Å²) in [5, 5.41) is 5.50.